The van der Waals surface area contributed by atoms with Gasteiger partial charge in [0.15, 0.2) is 6.61 Å². The number of nitrogens with zero attached hydrogens (tertiary/aromatic N) is 1. The summed E-state index contributed by atoms with van der Waals surface area (Å²) in [6.45, 7) is 2.17. The number of amides is 2. The summed E-state index contributed by atoms with van der Waals surface area (Å²) in [6.07, 6.45) is 4.22. The summed E-state index contributed by atoms with van der Waals surface area (Å²) in [7, 11) is 0. The van der Waals surface area contributed by atoms with Crippen molar-refractivity contribution in [2.45, 2.75) is 38.6 Å². The van der Waals surface area contributed by atoms with E-state index < -0.39 is 12.6 Å². The molecule has 0 radical (unpaired) electrons. The van der Waals surface area contributed by atoms with Crippen molar-refractivity contribution >= 4 is 12.0 Å². The van der Waals surface area contributed by atoms with Gasteiger partial charge in [-0.25, -0.2) is 15.1 Å². The number of hydroxylamine groups is 1. The summed E-state index contributed by atoms with van der Waals surface area (Å²) >= 11 is 0. The van der Waals surface area contributed by atoms with Crippen LogP contribution in [0.3, 0.4) is 0 Å². The van der Waals surface area contributed by atoms with Gasteiger partial charge in [-0.05, 0) is 19.8 Å². The minimum absolute atomic E-state index is 0.177. The number of likely N-dealkylation sites (tertiary alicyclic amines) is 1. The van der Waals surface area contributed by atoms with Crippen LogP contribution in [0.25, 0.3) is 0 Å². The molecule has 1 heterocycles. The fourth-order valence-corrected chi connectivity index (χ4v) is 1.79. The molecule has 0 saturated carbocycles. The lowest BCUT2D eigenvalue weighted by Crippen LogP contribution is -2.45. The largest absolute Gasteiger partial charge is 0.479 e. The minimum Gasteiger partial charge on any atom is -0.479 e. The Morgan fingerprint density at radius 1 is 1.44 bits per heavy atom. The highest BCUT2D eigenvalue weighted by molar-refractivity contribution is 5.74. The Morgan fingerprint density at radius 3 is 2.88 bits per heavy atom. The minimum atomic E-state index is -1.11. The number of hydrogen-bond donors (Lipinski definition) is 2. The van der Waals surface area contributed by atoms with E-state index in [-0.39, 0.29) is 12.1 Å². The number of aliphatic carboxylic acids is 1. The summed E-state index contributed by atoms with van der Waals surface area (Å²) in [5.41, 5.74) is 2.15. The van der Waals surface area contributed by atoms with E-state index in [4.69, 9.17) is 5.11 Å². The summed E-state index contributed by atoms with van der Waals surface area (Å²) in [4.78, 5) is 28.1. The summed E-state index contributed by atoms with van der Waals surface area (Å²) in [5, 5.41) is 8.34. The van der Waals surface area contributed by atoms with Gasteiger partial charge in [-0.2, -0.15) is 0 Å². The van der Waals surface area contributed by atoms with Gasteiger partial charge in [0.2, 0.25) is 0 Å². The van der Waals surface area contributed by atoms with Crippen LogP contribution in [0.1, 0.15) is 32.6 Å². The first kappa shape index (κ1) is 12.8. The quantitative estimate of drug-likeness (QED) is 0.708. The zero-order chi connectivity index (χ0) is 12.0. The molecule has 1 unspecified atom stereocenters. The maximum absolute atomic E-state index is 11.6. The standard InChI is InChI=1S/C10H18N2O4/c1-8-5-3-2-4-6-12(8)10(15)11-16-7-9(13)14/h8H,2-7H2,1H3,(H,11,15)(H,13,14). The maximum Gasteiger partial charge on any atom is 0.341 e. The number of carbonyl (C=O) groups excluding carboxylic acids is 1. The zero-order valence-corrected chi connectivity index (χ0v) is 9.44. The molecule has 1 atom stereocenters. The summed E-state index contributed by atoms with van der Waals surface area (Å²) < 4.78 is 0. The molecule has 0 aromatic carbocycles. The number of rotatable bonds is 3. The normalized spacial score (nSPS) is 21.3. The number of carboxylic acids is 1. The fourth-order valence-electron chi connectivity index (χ4n) is 1.79. The van der Waals surface area contributed by atoms with E-state index in [2.05, 4.69) is 10.3 Å². The number of urea groups is 1. The monoisotopic (exact) mass is 230 g/mol. The van der Waals surface area contributed by atoms with Crippen molar-refractivity contribution in [1.29, 1.82) is 0 Å². The smallest absolute Gasteiger partial charge is 0.341 e. The van der Waals surface area contributed by atoms with Gasteiger partial charge >= 0.3 is 12.0 Å². The molecular weight excluding hydrogens is 212 g/mol. The number of carboxylic acid groups (broad SMARTS) is 1. The molecular formula is C10H18N2O4. The zero-order valence-electron chi connectivity index (χ0n) is 9.44. The Balaban J connectivity index is 2.35. The van der Waals surface area contributed by atoms with Crippen molar-refractivity contribution in [1.82, 2.24) is 10.4 Å². The first-order chi connectivity index (χ1) is 7.61. The molecule has 0 aliphatic carbocycles. The van der Waals surface area contributed by atoms with Crippen LogP contribution in [0.2, 0.25) is 0 Å². The van der Waals surface area contributed by atoms with Gasteiger partial charge in [-0.1, -0.05) is 12.8 Å². The molecule has 1 fully saturated rings. The van der Waals surface area contributed by atoms with Gasteiger partial charge in [0.1, 0.15) is 0 Å². The second kappa shape index (κ2) is 6.32. The molecule has 0 spiro atoms. The van der Waals surface area contributed by atoms with Crippen molar-refractivity contribution in [2.75, 3.05) is 13.2 Å². The average molecular weight is 230 g/mol. The predicted octanol–water partition coefficient (Wildman–Crippen LogP) is 0.977. The number of nitrogens with one attached hydrogen (secondary N) is 1. The summed E-state index contributed by atoms with van der Waals surface area (Å²) in [6, 6.07) is -0.174. The lowest BCUT2D eigenvalue weighted by Gasteiger charge is -2.26. The Morgan fingerprint density at radius 2 is 2.19 bits per heavy atom. The van der Waals surface area contributed by atoms with Gasteiger partial charge in [-0.15, -0.1) is 0 Å². The molecule has 1 saturated heterocycles. The third-order valence-electron chi connectivity index (χ3n) is 2.67. The molecule has 6 heteroatoms. The highest BCUT2D eigenvalue weighted by Crippen LogP contribution is 2.15. The SMILES string of the molecule is CC1CCCCCN1C(=O)NOCC(=O)O. The highest BCUT2D eigenvalue weighted by atomic mass is 16.7. The third-order valence-corrected chi connectivity index (χ3v) is 2.67. The Bertz CT molecular complexity index is 257. The van der Waals surface area contributed by atoms with Crippen LogP contribution in [-0.4, -0.2) is 41.2 Å². The second-order valence-corrected chi connectivity index (χ2v) is 3.98. The average Bonchev–Trinajstić information content (AvgIpc) is 2.42. The topological polar surface area (TPSA) is 78.9 Å². The molecule has 1 aliphatic rings. The molecule has 0 bridgehead atoms. The van der Waals surface area contributed by atoms with Crippen molar-refractivity contribution in [3.8, 4) is 0 Å². The maximum atomic E-state index is 11.6. The molecule has 6 nitrogen and oxygen atoms in total. The van der Waals surface area contributed by atoms with Crippen LogP contribution in [-0.2, 0) is 9.63 Å². The van der Waals surface area contributed by atoms with E-state index in [0.717, 1.165) is 25.7 Å². The van der Waals surface area contributed by atoms with Crippen molar-refractivity contribution in [3.05, 3.63) is 0 Å². The van der Waals surface area contributed by atoms with Crippen molar-refractivity contribution < 1.29 is 19.5 Å². The first-order valence-electron chi connectivity index (χ1n) is 5.51. The molecule has 0 aromatic heterocycles. The van der Waals surface area contributed by atoms with Crippen LogP contribution < -0.4 is 5.48 Å². The number of hydrogen-bond acceptors (Lipinski definition) is 3. The Labute approximate surface area is 94.5 Å². The molecule has 1 rings (SSSR count). The van der Waals surface area contributed by atoms with Crippen molar-refractivity contribution in [2.24, 2.45) is 0 Å². The van der Waals surface area contributed by atoms with E-state index >= 15 is 0 Å². The van der Waals surface area contributed by atoms with Crippen LogP contribution in [0.15, 0.2) is 0 Å². The molecule has 0 aromatic rings. The molecule has 16 heavy (non-hydrogen) atoms. The molecule has 2 N–H and O–H groups in total. The second-order valence-electron chi connectivity index (χ2n) is 3.98. The van der Waals surface area contributed by atoms with Crippen LogP contribution in [0, 0.1) is 0 Å². The lowest BCUT2D eigenvalue weighted by atomic mass is 10.1. The van der Waals surface area contributed by atoms with Crippen LogP contribution >= 0.6 is 0 Å². The first-order valence-corrected chi connectivity index (χ1v) is 5.51. The van der Waals surface area contributed by atoms with E-state index in [1.165, 1.54) is 0 Å². The van der Waals surface area contributed by atoms with Gasteiger partial charge in [0, 0.05) is 12.6 Å². The van der Waals surface area contributed by atoms with E-state index in [1.807, 2.05) is 6.92 Å². The van der Waals surface area contributed by atoms with E-state index in [1.54, 1.807) is 4.90 Å². The highest BCUT2D eigenvalue weighted by Gasteiger charge is 2.21. The third kappa shape index (κ3) is 4.06. The van der Waals surface area contributed by atoms with Gasteiger partial charge in [0.25, 0.3) is 0 Å². The van der Waals surface area contributed by atoms with Crippen LogP contribution in [0.4, 0.5) is 4.79 Å². The van der Waals surface area contributed by atoms with E-state index in [9.17, 15) is 9.59 Å². The van der Waals surface area contributed by atoms with Crippen molar-refractivity contribution in [3.63, 3.8) is 0 Å². The van der Waals surface area contributed by atoms with Gasteiger partial charge in [0.05, 0.1) is 0 Å². The number of carbonyl (C=O) groups is 2. The lowest BCUT2D eigenvalue weighted by molar-refractivity contribution is -0.144. The van der Waals surface area contributed by atoms with Gasteiger partial charge in [-0.3, -0.25) is 4.84 Å². The Kier molecular flexibility index (Phi) is 5.04. The fraction of sp³-hybridized carbons (Fsp3) is 0.800. The van der Waals surface area contributed by atoms with E-state index in [0.29, 0.717) is 6.54 Å². The predicted molar refractivity (Wildman–Crippen MR) is 56.8 cm³/mol. The molecule has 92 valence electrons. The molecule has 1 aliphatic heterocycles. The Hall–Kier alpha value is -1.30. The summed E-state index contributed by atoms with van der Waals surface area (Å²) in [5.74, 6) is -1.11. The van der Waals surface area contributed by atoms with Crippen LogP contribution in [0.5, 0.6) is 0 Å². The van der Waals surface area contributed by atoms with Gasteiger partial charge < -0.3 is 10.0 Å². The molecule has 2 amide bonds.